The van der Waals surface area contributed by atoms with Crippen molar-refractivity contribution in [2.45, 2.75) is 18.9 Å². The molecule has 0 unspecified atom stereocenters. The van der Waals surface area contributed by atoms with Gasteiger partial charge in [-0.1, -0.05) is 0 Å². The zero-order valence-corrected chi connectivity index (χ0v) is 9.32. The van der Waals surface area contributed by atoms with Crippen molar-refractivity contribution in [3.05, 3.63) is 24.3 Å². The van der Waals surface area contributed by atoms with Gasteiger partial charge in [0.25, 0.3) is 0 Å². The van der Waals surface area contributed by atoms with Crippen molar-refractivity contribution >= 4 is 0 Å². The molecule has 0 bridgehead atoms. The maximum atomic E-state index is 5.73. The van der Waals surface area contributed by atoms with E-state index in [0.29, 0.717) is 6.10 Å². The first-order valence-electron chi connectivity index (χ1n) is 6.00. The van der Waals surface area contributed by atoms with E-state index in [4.69, 9.17) is 9.47 Å². The number of rotatable bonds is 5. The Bertz CT molecular complexity index is 341. The van der Waals surface area contributed by atoms with Crippen LogP contribution in [-0.2, 0) is 0 Å². The van der Waals surface area contributed by atoms with Gasteiger partial charge in [-0.05, 0) is 43.0 Å². The molecule has 16 heavy (non-hydrogen) atoms. The molecular weight excluding hydrogens is 202 g/mol. The molecule has 1 aromatic carbocycles. The summed E-state index contributed by atoms with van der Waals surface area (Å²) in [6.45, 7) is 2.78. The second kappa shape index (κ2) is 4.34. The highest BCUT2D eigenvalue weighted by molar-refractivity contribution is 5.31. The van der Waals surface area contributed by atoms with E-state index in [2.05, 4.69) is 5.32 Å². The van der Waals surface area contributed by atoms with Crippen LogP contribution in [0.1, 0.15) is 12.8 Å². The quantitative estimate of drug-likeness (QED) is 0.819. The van der Waals surface area contributed by atoms with Gasteiger partial charge >= 0.3 is 0 Å². The van der Waals surface area contributed by atoms with Gasteiger partial charge in [0, 0.05) is 13.1 Å². The highest BCUT2D eigenvalue weighted by Gasteiger charge is 2.22. The highest BCUT2D eigenvalue weighted by atomic mass is 16.5. The molecule has 3 rings (SSSR count). The van der Waals surface area contributed by atoms with Crippen molar-refractivity contribution in [2.75, 3.05) is 19.7 Å². The van der Waals surface area contributed by atoms with Crippen molar-refractivity contribution in [3.63, 3.8) is 0 Å². The monoisotopic (exact) mass is 219 g/mol. The Morgan fingerprint density at radius 2 is 1.75 bits per heavy atom. The molecule has 0 amide bonds. The Morgan fingerprint density at radius 1 is 1.06 bits per heavy atom. The molecular formula is C13H17NO2. The van der Waals surface area contributed by atoms with Crippen molar-refractivity contribution < 1.29 is 9.47 Å². The predicted molar refractivity (Wildman–Crippen MR) is 61.9 cm³/mol. The van der Waals surface area contributed by atoms with E-state index in [1.807, 2.05) is 24.3 Å². The summed E-state index contributed by atoms with van der Waals surface area (Å²) in [7, 11) is 0. The molecule has 1 aromatic rings. The molecule has 1 aliphatic carbocycles. The summed E-state index contributed by atoms with van der Waals surface area (Å²) in [5.74, 6) is 2.69. The summed E-state index contributed by atoms with van der Waals surface area (Å²) in [6.07, 6.45) is 3.00. The number of ether oxygens (including phenoxy) is 2. The summed E-state index contributed by atoms with van der Waals surface area (Å²) < 4.78 is 11.4. The SMILES string of the molecule is c1cc(OC2CNC2)ccc1OCC1CC1. The minimum absolute atomic E-state index is 0.346. The third-order valence-electron chi connectivity index (χ3n) is 3.05. The summed E-state index contributed by atoms with van der Waals surface area (Å²) >= 11 is 0. The van der Waals surface area contributed by atoms with Gasteiger partial charge in [0.2, 0.25) is 0 Å². The average Bonchev–Trinajstić information content (AvgIpc) is 3.06. The molecule has 3 heteroatoms. The molecule has 1 heterocycles. The van der Waals surface area contributed by atoms with Gasteiger partial charge in [-0.3, -0.25) is 0 Å². The van der Waals surface area contributed by atoms with E-state index < -0.39 is 0 Å². The van der Waals surface area contributed by atoms with Crippen LogP contribution in [0.4, 0.5) is 0 Å². The maximum Gasteiger partial charge on any atom is 0.123 e. The molecule has 86 valence electrons. The van der Waals surface area contributed by atoms with Crippen molar-refractivity contribution in [1.82, 2.24) is 5.32 Å². The van der Waals surface area contributed by atoms with Crippen LogP contribution in [0.25, 0.3) is 0 Å². The van der Waals surface area contributed by atoms with Crippen LogP contribution in [0.5, 0.6) is 11.5 Å². The van der Waals surface area contributed by atoms with Gasteiger partial charge < -0.3 is 14.8 Å². The van der Waals surface area contributed by atoms with Gasteiger partial charge in [-0.15, -0.1) is 0 Å². The molecule has 1 saturated carbocycles. The van der Waals surface area contributed by atoms with Gasteiger partial charge in [-0.2, -0.15) is 0 Å². The molecule has 1 saturated heterocycles. The first-order valence-corrected chi connectivity index (χ1v) is 6.00. The van der Waals surface area contributed by atoms with Gasteiger partial charge in [0.15, 0.2) is 0 Å². The zero-order chi connectivity index (χ0) is 10.8. The second-order valence-corrected chi connectivity index (χ2v) is 4.62. The van der Waals surface area contributed by atoms with E-state index in [-0.39, 0.29) is 0 Å². The fraction of sp³-hybridized carbons (Fsp3) is 0.538. The van der Waals surface area contributed by atoms with Crippen molar-refractivity contribution in [1.29, 1.82) is 0 Å². The molecule has 0 atom stereocenters. The Hall–Kier alpha value is -1.22. The first-order chi connectivity index (χ1) is 7.90. The topological polar surface area (TPSA) is 30.5 Å². The van der Waals surface area contributed by atoms with Crippen LogP contribution in [0.3, 0.4) is 0 Å². The molecule has 2 aliphatic rings. The van der Waals surface area contributed by atoms with Crippen LogP contribution in [0, 0.1) is 5.92 Å². The fourth-order valence-electron chi connectivity index (χ4n) is 1.65. The Balaban J connectivity index is 1.51. The molecule has 2 fully saturated rings. The Kier molecular flexibility index (Phi) is 2.70. The lowest BCUT2D eigenvalue weighted by molar-refractivity contribution is 0.142. The van der Waals surface area contributed by atoms with Crippen LogP contribution >= 0.6 is 0 Å². The second-order valence-electron chi connectivity index (χ2n) is 4.62. The fourth-order valence-corrected chi connectivity index (χ4v) is 1.65. The number of hydrogen-bond acceptors (Lipinski definition) is 3. The Morgan fingerprint density at radius 3 is 2.31 bits per heavy atom. The molecule has 0 aromatic heterocycles. The third-order valence-corrected chi connectivity index (χ3v) is 3.05. The van der Waals surface area contributed by atoms with E-state index in [0.717, 1.165) is 37.1 Å². The normalized spacial score (nSPS) is 20.2. The number of nitrogens with one attached hydrogen (secondary N) is 1. The zero-order valence-electron chi connectivity index (χ0n) is 9.32. The van der Waals surface area contributed by atoms with Crippen LogP contribution < -0.4 is 14.8 Å². The molecule has 0 radical (unpaired) electrons. The third kappa shape index (κ3) is 2.47. The molecule has 0 spiro atoms. The molecule has 1 N–H and O–H groups in total. The summed E-state index contributed by atoms with van der Waals surface area (Å²) in [4.78, 5) is 0. The van der Waals surface area contributed by atoms with Crippen molar-refractivity contribution in [2.24, 2.45) is 5.92 Å². The first kappa shape index (κ1) is 9.97. The predicted octanol–water partition coefficient (Wildman–Crippen LogP) is 1.83. The van der Waals surface area contributed by atoms with E-state index in [9.17, 15) is 0 Å². The van der Waals surface area contributed by atoms with Gasteiger partial charge in [-0.25, -0.2) is 0 Å². The van der Waals surface area contributed by atoms with E-state index >= 15 is 0 Å². The largest absolute Gasteiger partial charge is 0.493 e. The lowest BCUT2D eigenvalue weighted by Gasteiger charge is -2.27. The lowest BCUT2D eigenvalue weighted by Crippen LogP contribution is -2.50. The lowest BCUT2D eigenvalue weighted by atomic mass is 10.2. The Labute approximate surface area is 95.8 Å². The molecule has 1 aliphatic heterocycles. The van der Waals surface area contributed by atoms with Crippen molar-refractivity contribution in [3.8, 4) is 11.5 Å². The van der Waals surface area contributed by atoms with Gasteiger partial charge in [0.1, 0.15) is 17.6 Å². The summed E-state index contributed by atoms with van der Waals surface area (Å²) in [6, 6.07) is 7.95. The minimum atomic E-state index is 0.346. The molecule has 3 nitrogen and oxygen atoms in total. The van der Waals surface area contributed by atoms with Crippen LogP contribution in [0.15, 0.2) is 24.3 Å². The van der Waals surface area contributed by atoms with E-state index in [1.165, 1.54) is 12.8 Å². The number of benzene rings is 1. The smallest absolute Gasteiger partial charge is 0.123 e. The summed E-state index contributed by atoms with van der Waals surface area (Å²) in [5, 5.41) is 3.18. The van der Waals surface area contributed by atoms with Gasteiger partial charge in [0.05, 0.1) is 6.61 Å². The van der Waals surface area contributed by atoms with E-state index in [1.54, 1.807) is 0 Å². The average molecular weight is 219 g/mol. The maximum absolute atomic E-state index is 5.73. The highest BCUT2D eigenvalue weighted by Crippen LogP contribution is 2.29. The minimum Gasteiger partial charge on any atom is -0.493 e. The standard InChI is InChI=1S/C13H17NO2/c1-2-10(1)9-15-11-3-5-12(6-4-11)16-13-7-14-8-13/h3-6,10,13-14H,1-2,7-9H2. The van der Waals surface area contributed by atoms with Crippen LogP contribution in [-0.4, -0.2) is 25.8 Å². The van der Waals surface area contributed by atoms with Crippen LogP contribution in [0.2, 0.25) is 0 Å². The number of hydrogen-bond donors (Lipinski definition) is 1. The summed E-state index contributed by atoms with van der Waals surface area (Å²) in [5.41, 5.74) is 0.